The number of carboxylic acid groups (broad SMARTS) is 1. The summed E-state index contributed by atoms with van der Waals surface area (Å²) in [6.45, 7) is 1.69. The topological polar surface area (TPSA) is 120 Å². The van der Waals surface area contributed by atoms with E-state index in [0.717, 1.165) is 49.3 Å². The van der Waals surface area contributed by atoms with E-state index in [0.29, 0.717) is 37.0 Å². The average molecular weight is 478 g/mol. The number of aromatic nitrogens is 2. The van der Waals surface area contributed by atoms with Crippen molar-refractivity contribution in [1.82, 2.24) is 15.3 Å². The van der Waals surface area contributed by atoms with Crippen LogP contribution in [-0.2, 0) is 24.1 Å². The summed E-state index contributed by atoms with van der Waals surface area (Å²) in [5.41, 5.74) is 3.78. The van der Waals surface area contributed by atoms with Crippen LogP contribution >= 0.6 is 0 Å². The Morgan fingerprint density at radius 1 is 1.31 bits per heavy atom. The van der Waals surface area contributed by atoms with Crippen LogP contribution in [-0.4, -0.2) is 45.9 Å². The minimum absolute atomic E-state index is 0.0182. The fraction of sp³-hybridized carbons (Fsp3) is 0.481. The predicted molar refractivity (Wildman–Crippen MR) is 136 cm³/mol. The van der Waals surface area contributed by atoms with Crippen LogP contribution in [0.15, 0.2) is 42.7 Å². The molecule has 0 radical (unpaired) electrons. The van der Waals surface area contributed by atoms with Crippen molar-refractivity contribution in [2.45, 2.75) is 63.8 Å². The third-order valence-electron chi connectivity index (χ3n) is 6.31. The molecule has 0 spiro atoms. The molecule has 1 atom stereocenters. The fourth-order valence-electron chi connectivity index (χ4n) is 4.13. The monoisotopic (exact) mass is 477 g/mol. The van der Waals surface area contributed by atoms with Crippen molar-refractivity contribution < 1.29 is 14.6 Å². The normalized spacial score (nSPS) is 15.8. The van der Waals surface area contributed by atoms with Crippen molar-refractivity contribution in [3.05, 3.63) is 59.6 Å². The van der Waals surface area contributed by atoms with E-state index in [1.807, 2.05) is 12.1 Å². The van der Waals surface area contributed by atoms with Crippen LogP contribution in [0.4, 0.5) is 5.82 Å². The molecule has 186 valence electrons. The molecule has 4 N–H and O–H groups in total. The molecule has 1 aliphatic heterocycles. The van der Waals surface area contributed by atoms with Gasteiger partial charge in [-0.3, -0.25) is 4.79 Å². The Morgan fingerprint density at radius 2 is 2.20 bits per heavy atom. The average Bonchev–Trinajstić information content (AvgIpc) is 3.68. The van der Waals surface area contributed by atoms with Crippen LogP contribution in [0.1, 0.15) is 55.3 Å². The van der Waals surface area contributed by atoms with Gasteiger partial charge in [0, 0.05) is 36.3 Å². The molecule has 8 nitrogen and oxygen atoms in total. The Hall–Kier alpha value is -3.42. The van der Waals surface area contributed by atoms with Gasteiger partial charge in [0.25, 0.3) is 0 Å². The van der Waals surface area contributed by atoms with Crippen molar-refractivity contribution in [3.8, 4) is 5.88 Å². The number of pyridine rings is 2. The van der Waals surface area contributed by atoms with Gasteiger partial charge in [0.05, 0.1) is 13.0 Å². The molecule has 1 unspecified atom stereocenters. The van der Waals surface area contributed by atoms with Crippen molar-refractivity contribution in [2.75, 3.05) is 18.5 Å². The zero-order valence-corrected chi connectivity index (χ0v) is 20.1. The van der Waals surface area contributed by atoms with Gasteiger partial charge in [-0.05, 0) is 86.8 Å². The molecular formula is C27H35N5O3. The van der Waals surface area contributed by atoms with Crippen molar-refractivity contribution in [3.63, 3.8) is 0 Å². The lowest BCUT2D eigenvalue weighted by molar-refractivity contribution is -0.137. The Kier molecular flexibility index (Phi) is 8.70. The number of allylic oxidation sites excluding steroid dienone is 1. The molecule has 35 heavy (non-hydrogen) atoms. The fourth-order valence-corrected chi connectivity index (χ4v) is 4.13. The van der Waals surface area contributed by atoms with Gasteiger partial charge < -0.3 is 25.9 Å². The third-order valence-corrected chi connectivity index (χ3v) is 6.31. The second-order valence-electron chi connectivity index (χ2n) is 9.48. The number of hydrogen-bond acceptors (Lipinski definition) is 7. The summed E-state index contributed by atoms with van der Waals surface area (Å²) in [7, 11) is 0. The van der Waals surface area contributed by atoms with Gasteiger partial charge in [-0.15, -0.1) is 0 Å². The highest BCUT2D eigenvalue weighted by molar-refractivity contribution is 5.92. The molecular weight excluding hydrogens is 442 g/mol. The molecule has 1 aliphatic carbocycles. The highest BCUT2D eigenvalue weighted by Gasteiger charge is 2.22. The Balaban J connectivity index is 1.20. The molecule has 0 saturated heterocycles. The summed E-state index contributed by atoms with van der Waals surface area (Å²) in [5, 5.41) is 24.0. The van der Waals surface area contributed by atoms with Crippen LogP contribution < -0.4 is 15.4 Å². The zero-order valence-electron chi connectivity index (χ0n) is 20.1. The predicted octanol–water partition coefficient (Wildman–Crippen LogP) is 4.16. The van der Waals surface area contributed by atoms with E-state index in [1.54, 1.807) is 18.5 Å². The minimum atomic E-state index is -0.865. The Bertz CT molecular complexity index is 1030. The van der Waals surface area contributed by atoms with Gasteiger partial charge in [0.2, 0.25) is 5.88 Å². The lowest BCUT2D eigenvalue weighted by atomic mass is 10.0. The van der Waals surface area contributed by atoms with Crippen molar-refractivity contribution in [1.29, 1.82) is 5.41 Å². The van der Waals surface area contributed by atoms with Crippen LogP contribution in [0, 0.1) is 11.3 Å². The number of nitrogens with one attached hydrogen (secondary N) is 3. The lowest BCUT2D eigenvalue weighted by Gasteiger charge is -2.17. The molecule has 3 heterocycles. The lowest BCUT2D eigenvalue weighted by Crippen LogP contribution is -2.29. The molecule has 0 amide bonds. The first-order valence-corrected chi connectivity index (χ1v) is 12.6. The van der Waals surface area contributed by atoms with E-state index in [-0.39, 0.29) is 12.5 Å². The zero-order chi connectivity index (χ0) is 24.5. The highest BCUT2D eigenvalue weighted by atomic mass is 16.5. The number of fused-ring (bicyclic) bond motifs is 1. The van der Waals surface area contributed by atoms with E-state index in [2.05, 4.69) is 27.8 Å². The van der Waals surface area contributed by atoms with E-state index in [4.69, 9.17) is 15.1 Å². The highest BCUT2D eigenvalue weighted by Crippen LogP contribution is 2.29. The largest absolute Gasteiger partial charge is 0.481 e. The Labute approximate surface area is 206 Å². The van der Waals surface area contributed by atoms with Gasteiger partial charge in [-0.2, -0.15) is 0 Å². The van der Waals surface area contributed by atoms with E-state index in [1.165, 1.54) is 18.4 Å². The number of carboxylic acids is 1. The molecule has 2 aromatic heterocycles. The maximum atomic E-state index is 11.3. The quantitative estimate of drug-likeness (QED) is 0.302. The molecule has 8 heteroatoms. The third kappa shape index (κ3) is 8.38. The SMILES string of the molecule is N=C(/C=C\NC(CC(=O)O)Cc1ccc(OCC2CC2)nc1)CCCc1ccc2c(n1)NCCC2. The number of rotatable bonds is 14. The molecule has 2 aromatic rings. The van der Waals surface area contributed by atoms with Crippen LogP contribution in [0.25, 0.3) is 0 Å². The maximum absolute atomic E-state index is 11.3. The molecule has 1 fully saturated rings. The van der Waals surface area contributed by atoms with E-state index >= 15 is 0 Å². The van der Waals surface area contributed by atoms with Crippen molar-refractivity contribution in [2.24, 2.45) is 5.92 Å². The number of ether oxygens (including phenoxy) is 1. The number of aliphatic carboxylic acids is 1. The maximum Gasteiger partial charge on any atom is 0.305 e. The van der Waals surface area contributed by atoms with Crippen molar-refractivity contribution >= 4 is 17.5 Å². The number of nitrogens with zero attached hydrogens (tertiary/aromatic N) is 2. The van der Waals surface area contributed by atoms with Crippen LogP contribution in [0.5, 0.6) is 5.88 Å². The van der Waals surface area contributed by atoms with Gasteiger partial charge in [0.15, 0.2) is 0 Å². The molecule has 2 aliphatic rings. The van der Waals surface area contributed by atoms with E-state index < -0.39 is 5.97 Å². The first-order chi connectivity index (χ1) is 17.0. The van der Waals surface area contributed by atoms with Gasteiger partial charge in [0.1, 0.15) is 5.82 Å². The molecule has 4 rings (SSSR count). The summed E-state index contributed by atoms with van der Waals surface area (Å²) in [6, 6.07) is 7.73. The second kappa shape index (κ2) is 12.3. The molecule has 0 aromatic carbocycles. The number of carbonyl (C=O) groups is 1. The van der Waals surface area contributed by atoms with Crippen LogP contribution in [0.3, 0.4) is 0 Å². The minimum Gasteiger partial charge on any atom is -0.481 e. The first-order valence-electron chi connectivity index (χ1n) is 12.6. The molecule has 1 saturated carbocycles. The van der Waals surface area contributed by atoms with Crippen LogP contribution in [0.2, 0.25) is 0 Å². The van der Waals surface area contributed by atoms with E-state index in [9.17, 15) is 9.90 Å². The second-order valence-corrected chi connectivity index (χ2v) is 9.48. The number of hydrogen-bond donors (Lipinski definition) is 4. The summed E-state index contributed by atoms with van der Waals surface area (Å²) in [5.74, 6) is 1.42. The standard InChI is InChI=1S/C27H35N5O3/c28-22(4-1-5-23-10-9-21-3-2-13-30-27(21)32-23)12-14-29-24(16-26(33)34)15-20-8-11-25(31-17-20)35-18-19-6-7-19/h8-12,14,17,19,24,28-29H,1-7,13,15-16,18H2,(H,30,32)(H,33,34)/b14-12-,28-22?. The smallest absolute Gasteiger partial charge is 0.305 e. The Morgan fingerprint density at radius 3 is 2.97 bits per heavy atom. The summed E-state index contributed by atoms with van der Waals surface area (Å²) < 4.78 is 5.67. The first kappa shape index (κ1) is 24.7. The summed E-state index contributed by atoms with van der Waals surface area (Å²) >= 11 is 0. The van der Waals surface area contributed by atoms with Gasteiger partial charge >= 0.3 is 5.97 Å². The molecule has 0 bridgehead atoms. The summed E-state index contributed by atoms with van der Waals surface area (Å²) in [6.07, 6.45) is 12.7. The number of anilines is 1. The number of aryl methyl sites for hydroxylation is 2. The van der Waals surface area contributed by atoms with Gasteiger partial charge in [-0.1, -0.05) is 12.1 Å². The summed E-state index contributed by atoms with van der Waals surface area (Å²) in [4.78, 5) is 20.4. The van der Waals surface area contributed by atoms with Gasteiger partial charge in [-0.25, -0.2) is 9.97 Å².